The van der Waals surface area contributed by atoms with Crippen LogP contribution in [0.4, 0.5) is 5.13 Å². The van der Waals surface area contributed by atoms with Gasteiger partial charge in [0, 0.05) is 17.6 Å². The fraction of sp³-hybridized carbons (Fsp3) is 0.143. The number of nitrogens with zero attached hydrogens (tertiary/aromatic N) is 3. The lowest BCUT2D eigenvalue weighted by Gasteiger charge is -1.96. The van der Waals surface area contributed by atoms with Crippen LogP contribution in [0, 0.1) is 0 Å². The van der Waals surface area contributed by atoms with Gasteiger partial charge in [-0.15, -0.1) is 11.3 Å². The minimum atomic E-state index is -0.373. The first-order valence-corrected chi connectivity index (χ1v) is 7.28. The third-order valence-electron chi connectivity index (χ3n) is 2.80. The SMILES string of the molecule is CCc1csc(NC(=O)c2cc(-c3ccccn3)no2)n1. The summed E-state index contributed by atoms with van der Waals surface area (Å²) in [5.41, 5.74) is 2.12. The normalized spacial score (nSPS) is 10.5. The predicted molar refractivity (Wildman–Crippen MR) is 79.2 cm³/mol. The lowest BCUT2D eigenvalue weighted by Crippen LogP contribution is -2.10. The highest BCUT2D eigenvalue weighted by Gasteiger charge is 2.16. The van der Waals surface area contributed by atoms with E-state index in [9.17, 15) is 4.79 Å². The number of hydrogen-bond acceptors (Lipinski definition) is 6. The molecule has 0 saturated carbocycles. The number of hydrogen-bond donors (Lipinski definition) is 1. The van der Waals surface area contributed by atoms with Gasteiger partial charge in [-0.05, 0) is 18.6 Å². The van der Waals surface area contributed by atoms with Crippen LogP contribution in [0.15, 0.2) is 40.4 Å². The molecule has 0 aliphatic rings. The van der Waals surface area contributed by atoms with Crippen LogP contribution >= 0.6 is 11.3 Å². The summed E-state index contributed by atoms with van der Waals surface area (Å²) in [6.07, 6.45) is 2.49. The average Bonchev–Trinajstić information content (AvgIpc) is 3.17. The Labute approximate surface area is 124 Å². The Morgan fingerprint density at radius 3 is 3.00 bits per heavy atom. The molecule has 3 heterocycles. The van der Waals surface area contributed by atoms with Gasteiger partial charge in [-0.3, -0.25) is 15.1 Å². The smallest absolute Gasteiger partial charge is 0.296 e. The Kier molecular flexibility index (Phi) is 3.74. The van der Waals surface area contributed by atoms with E-state index in [4.69, 9.17) is 4.52 Å². The molecule has 3 aromatic heterocycles. The zero-order valence-corrected chi connectivity index (χ0v) is 12.1. The van der Waals surface area contributed by atoms with Gasteiger partial charge in [0.1, 0.15) is 5.69 Å². The third kappa shape index (κ3) is 2.97. The van der Waals surface area contributed by atoms with Crippen molar-refractivity contribution >= 4 is 22.4 Å². The molecule has 0 spiro atoms. The van der Waals surface area contributed by atoms with E-state index >= 15 is 0 Å². The molecular formula is C14H12N4O2S. The molecule has 0 bridgehead atoms. The van der Waals surface area contributed by atoms with Crippen molar-refractivity contribution in [2.24, 2.45) is 0 Å². The number of thiazole rings is 1. The highest BCUT2D eigenvalue weighted by atomic mass is 32.1. The molecule has 0 atom stereocenters. The summed E-state index contributed by atoms with van der Waals surface area (Å²) < 4.78 is 5.06. The van der Waals surface area contributed by atoms with Crippen LogP contribution < -0.4 is 5.32 Å². The summed E-state index contributed by atoms with van der Waals surface area (Å²) in [5.74, 6) is -0.245. The molecule has 106 valence electrons. The van der Waals surface area contributed by atoms with Crippen LogP contribution in [0.25, 0.3) is 11.4 Å². The minimum Gasteiger partial charge on any atom is -0.350 e. The molecule has 1 N–H and O–H groups in total. The van der Waals surface area contributed by atoms with Crippen molar-refractivity contribution in [3.05, 3.63) is 47.3 Å². The van der Waals surface area contributed by atoms with Crippen molar-refractivity contribution in [2.45, 2.75) is 13.3 Å². The molecular weight excluding hydrogens is 288 g/mol. The number of carbonyl (C=O) groups is 1. The lowest BCUT2D eigenvalue weighted by atomic mass is 10.2. The van der Waals surface area contributed by atoms with Crippen LogP contribution in [-0.2, 0) is 6.42 Å². The average molecular weight is 300 g/mol. The standard InChI is InChI=1S/C14H12N4O2S/c1-2-9-8-21-14(16-9)17-13(19)12-7-11(18-20-12)10-5-3-4-6-15-10/h3-8H,2H2,1H3,(H,16,17,19). The first-order valence-electron chi connectivity index (χ1n) is 6.40. The number of aromatic nitrogens is 3. The third-order valence-corrected chi connectivity index (χ3v) is 3.60. The van der Waals surface area contributed by atoms with Crippen molar-refractivity contribution < 1.29 is 9.32 Å². The van der Waals surface area contributed by atoms with Crippen molar-refractivity contribution in [3.63, 3.8) is 0 Å². The maximum atomic E-state index is 12.1. The van der Waals surface area contributed by atoms with E-state index in [0.29, 0.717) is 16.5 Å². The van der Waals surface area contributed by atoms with Crippen LogP contribution in [0.2, 0.25) is 0 Å². The minimum absolute atomic E-state index is 0.129. The summed E-state index contributed by atoms with van der Waals surface area (Å²) in [6, 6.07) is 7.02. The zero-order chi connectivity index (χ0) is 14.7. The number of anilines is 1. The fourth-order valence-corrected chi connectivity index (χ4v) is 2.49. The summed E-state index contributed by atoms with van der Waals surface area (Å²) >= 11 is 1.38. The topological polar surface area (TPSA) is 80.9 Å². The molecule has 7 heteroatoms. The van der Waals surface area contributed by atoms with E-state index in [2.05, 4.69) is 20.4 Å². The number of pyridine rings is 1. The highest BCUT2D eigenvalue weighted by Crippen LogP contribution is 2.19. The van der Waals surface area contributed by atoms with Gasteiger partial charge in [0.15, 0.2) is 5.13 Å². The molecule has 0 aliphatic carbocycles. The molecule has 3 rings (SSSR count). The van der Waals surface area contributed by atoms with E-state index < -0.39 is 0 Å². The van der Waals surface area contributed by atoms with E-state index in [1.807, 2.05) is 24.4 Å². The first kappa shape index (κ1) is 13.4. The summed E-state index contributed by atoms with van der Waals surface area (Å²) in [4.78, 5) is 20.5. The van der Waals surface area contributed by atoms with Gasteiger partial charge < -0.3 is 4.52 Å². The second kappa shape index (κ2) is 5.84. The molecule has 0 unspecified atom stereocenters. The first-order chi connectivity index (χ1) is 10.3. The largest absolute Gasteiger partial charge is 0.350 e. The molecule has 21 heavy (non-hydrogen) atoms. The second-order valence-electron chi connectivity index (χ2n) is 4.24. The van der Waals surface area contributed by atoms with E-state index in [1.165, 1.54) is 11.3 Å². The van der Waals surface area contributed by atoms with Crippen molar-refractivity contribution in [3.8, 4) is 11.4 Å². The van der Waals surface area contributed by atoms with E-state index in [-0.39, 0.29) is 11.7 Å². The van der Waals surface area contributed by atoms with Gasteiger partial charge in [0.25, 0.3) is 5.91 Å². The Bertz CT molecular complexity index is 751. The number of aryl methyl sites for hydroxylation is 1. The molecule has 0 fully saturated rings. The van der Waals surface area contributed by atoms with Gasteiger partial charge in [-0.1, -0.05) is 18.1 Å². The van der Waals surface area contributed by atoms with Crippen molar-refractivity contribution in [1.82, 2.24) is 15.1 Å². The number of rotatable bonds is 4. The van der Waals surface area contributed by atoms with Gasteiger partial charge in [-0.25, -0.2) is 4.98 Å². The molecule has 1 amide bonds. The van der Waals surface area contributed by atoms with E-state index in [1.54, 1.807) is 18.3 Å². The highest BCUT2D eigenvalue weighted by molar-refractivity contribution is 7.13. The van der Waals surface area contributed by atoms with Gasteiger partial charge >= 0.3 is 0 Å². The van der Waals surface area contributed by atoms with Gasteiger partial charge in [0.2, 0.25) is 5.76 Å². The molecule has 0 aliphatic heterocycles. The maximum Gasteiger partial charge on any atom is 0.296 e. The summed E-state index contributed by atoms with van der Waals surface area (Å²) in [7, 11) is 0. The summed E-state index contributed by atoms with van der Waals surface area (Å²) in [6.45, 7) is 2.01. The quantitative estimate of drug-likeness (QED) is 0.801. The van der Waals surface area contributed by atoms with Crippen LogP contribution in [0.5, 0.6) is 0 Å². The molecule has 0 radical (unpaired) electrons. The lowest BCUT2D eigenvalue weighted by molar-refractivity contribution is 0.0988. The van der Waals surface area contributed by atoms with Crippen molar-refractivity contribution in [2.75, 3.05) is 5.32 Å². The number of carbonyl (C=O) groups excluding carboxylic acids is 1. The van der Waals surface area contributed by atoms with Crippen molar-refractivity contribution in [1.29, 1.82) is 0 Å². The molecule has 0 aromatic carbocycles. The van der Waals surface area contributed by atoms with E-state index in [0.717, 1.165) is 12.1 Å². The fourth-order valence-electron chi connectivity index (χ4n) is 1.70. The Balaban J connectivity index is 1.75. The summed E-state index contributed by atoms with van der Waals surface area (Å²) in [5, 5.41) is 9.01. The van der Waals surface area contributed by atoms with Crippen LogP contribution in [0.3, 0.4) is 0 Å². The Morgan fingerprint density at radius 2 is 2.29 bits per heavy atom. The van der Waals surface area contributed by atoms with Gasteiger partial charge in [0.05, 0.1) is 11.4 Å². The Hall–Kier alpha value is -2.54. The number of amides is 1. The monoisotopic (exact) mass is 300 g/mol. The van der Waals surface area contributed by atoms with Crippen LogP contribution in [-0.4, -0.2) is 21.0 Å². The maximum absolute atomic E-state index is 12.1. The molecule has 0 saturated heterocycles. The Morgan fingerprint density at radius 1 is 1.38 bits per heavy atom. The number of nitrogens with one attached hydrogen (secondary N) is 1. The molecule has 6 nitrogen and oxygen atoms in total. The zero-order valence-electron chi connectivity index (χ0n) is 11.2. The van der Waals surface area contributed by atoms with Crippen LogP contribution in [0.1, 0.15) is 23.2 Å². The predicted octanol–water partition coefficient (Wildman–Crippen LogP) is 3.01. The van der Waals surface area contributed by atoms with Gasteiger partial charge in [-0.2, -0.15) is 0 Å². The molecule has 3 aromatic rings. The second-order valence-corrected chi connectivity index (χ2v) is 5.10.